The van der Waals surface area contributed by atoms with Crippen molar-refractivity contribution in [3.63, 3.8) is 0 Å². The third-order valence-corrected chi connectivity index (χ3v) is 3.68. The van der Waals surface area contributed by atoms with Crippen LogP contribution in [0, 0.1) is 28.4 Å². The Morgan fingerprint density at radius 3 is 2.71 bits per heavy atom. The number of aryl methyl sites for hydroxylation is 1. The lowest BCUT2D eigenvalue weighted by molar-refractivity contribution is -0.385. The number of nitro benzene ring substituents is 1. The third kappa shape index (κ3) is 2.57. The Labute approximate surface area is 101 Å². The predicted octanol–water partition coefficient (Wildman–Crippen LogP) is 3.36. The van der Waals surface area contributed by atoms with Gasteiger partial charge in [-0.3, -0.25) is 10.1 Å². The van der Waals surface area contributed by atoms with Crippen LogP contribution in [0.5, 0.6) is 0 Å². The second-order valence-electron chi connectivity index (χ2n) is 5.53. The van der Waals surface area contributed by atoms with E-state index in [4.69, 9.17) is 0 Å². The Kier molecular flexibility index (Phi) is 2.81. The van der Waals surface area contributed by atoms with Crippen LogP contribution in [-0.2, 0) is 0 Å². The summed E-state index contributed by atoms with van der Waals surface area (Å²) in [6.07, 6.45) is 1.23. The molecule has 1 fully saturated rings. The van der Waals surface area contributed by atoms with Gasteiger partial charge in [-0.1, -0.05) is 19.9 Å². The van der Waals surface area contributed by atoms with E-state index < -0.39 is 0 Å². The lowest BCUT2D eigenvalue weighted by atomic mass is 10.1. The van der Waals surface area contributed by atoms with Crippen LogP contribution in [0.4, 0.5) is 11.4 Å². The summed E-state index contributed by atoms with van der Waals surface area (Å²) in [7, 11) is 0. The van der Waals surface area contributed by atoms with Crippen molar-refractivity contribution in [2.75, 3.05) is 11.9 Å². The van der Waals surface area contributed by atoms with E-state index in [9.17, 15) is 10.1 Å². The van der Waals surface area contributed by atoms with Gasteiger partial charge in [-0.15, -0.1) is 0 Å². The predicted molar refractivity (Wildman–Crippen MR) is 68.2 cm³/mol. The SMILES string of the molecule is Cc1ccc(NCC2CC2(C)C)cc1[N+](=O)[O-]. The van der Waals surface area contributed by atoms with Crippen molar-refractivity contribution in [1.82, 2.24) is 0 Å². The Morgan fingerprint density at radius 1 is 1.53 bits per heavy atom. The number of anilines is 1. The maximum Gasteiger partial charge on any atom is 0.274 e. The molecule has 1 unspecified atom stereocenters. The molecule has 92 valence electrons. The van der Waals surface area contributed by atoms with Gasteiger partial charge in [0, 0.05) is 23.9 Å². The minimum Gasteiger partial charge on any atom is -0.385 e. The summed E-state index contributed by atoms with van der Waals surface area (Å²) in [5.74, 6) is 0.683. The molecule has 0 amide bonds. The number of nitrogens with one attached hydrogen (secondary N) is 1. The molecule has 0 radical (unpaired) electrons. The van der Waals surface area contributed by atoms with E-state index in [2.05, 4.69) is 19.2 Å². The quantitative estimate of drug-likeness (QED) is 0.642. The summed E-state index contributed by atoms with van der Waals surface area (Å²) in [5, 5.41) is 14.1. The zero-order chi connectivity index (χ0) is 12.6. The van der Waals surface area contributed by atoms with E-state index >= 15 is 0 Å². The van der Waals surface area contributed by atoms with Gasteiger partial charge >= 0.3 is 0 Å². The average molecular weight is 234 g/mol. The molecular formula is C13H18N2O2. The van der Waals surface area contributed by atoms with Gasteiger partial charge in [-0.25, -0.2) is 0 Å². The Bertz CT molecular complexity index is 455. The van der Waals surface area contributed by atoms with Gasteiger partial charge in [0.1, 0.15) is 0 Å². The van der Waals surface area contributed by atoms with E-state index in [1.807, 2.05) is 6.07 Å². The highest BCUT2D eigenvalue weighted by atomic mass is 16.6. The number of nitrogens with zero attached hydrogens (tertiary/aromatic N) is 1. The molecule has 0 aliphatic heterocycles. The standard InChI is InChI=1S/C13H18N2O2/c1-9-4-5-11(6-12(9)15(16)17)14-8-10-7-13(10,2)3/h4-6,10,14H,7-8H2,1-3H3. The highest BCUT2D eigenvalue weighted by molar-refractivity contribution is 5.54. The van der Waals surface area contributed by atoms with Crippen molar-refractivity contribution >= 4 is 11.4 Å². The van der Waals surface area contributed by atoms with E-state index in [-0.39, 0.29) is 10.6 Å². The summed E-state index contributed by atoms with van der Waals surface area (Å²) >= 11 is 0. The van der Waals surface area contributed by atoms with Crippen LogP contribution < -0.4 is 5.32 Å². The molecule has 4 nitrogen and oxygen atoms in total. The van der Waals surface area contributed by atoms with Gasteiger partial charge in [0.2, 0.25) is 0 Å². The van der Waals surface area contributed by atoms with Crippen LogP contribution in [0.25, 0.3) is 0 Å². The van der Waals surface area contributed by atoms with Gasteiger partial charge in [0.15, 0.2) is 0 Å². The molecule has 1 aromatic rings. The molecule has 4 heteroatoms. The molecule has 0 saturated heterocycles. The highest BCUT2D eigenvalue weighted by Crippen LogP contribution is 2.51. The smallest absolute Gasteiger partial charge is 0.274 e. The molecular weight excluding hydrogens is 216 g/mol. The monoisotopic (exact) mass is 234 g/mol. The summed E-state index contributed by atoms with van der Waals surface area (Å²) in [5.41, 5.74) is 2.16. The first kappa shape index (κ1) is 11.9. The van der Waals surface area contributed by atoms with Gasteiger partial charge in [-0.05, 0) is 30.7 Å². The first-order valence-electron chi connectivity index (χ1n) is 5.89. The number of rotatable bonds is 4. The van der Waals surface area contributed by atoms with Gasteiger partial charge in [0.25, 0.3) is 5.69 Å². The van der Waals surface area contributed by atoms with Crippen molar-refractivity contribution < 1.29 is 4.92 Å². The van der Waals surface area contributed by atoms with E-state index in [0.29, 0.717) is 16.9 Å². The fraction of sp³-hybridized carbons (Fsp3) is 0.538. The molecule has 1 aliphatic rings. The third-order valence-electron chi connectivity index (χ3n) is 3.68. The Balaban J connectivity index is 2.02. The van der Waals surface area contributed by atoms with Crippen LogP contribution in [0.15, 0.2) is 18.2 Å². The Hall–Kier alpha value is -1.58. The van der Waals surface area contributed by atoms with Crippen LogP contribution in [0.3, 0.4) is 0 Å². The summed E-state index contributed by atoms with van der Waals surface area (Å²) in [6.45, 7) is 7.15. The molecule has 17 heavy (non-hydrogen) atoms. The van der Waals surface area contributed by atoms with Gasteiger partial charge in [-0.2, -0.15) is 0 Å². The molecule has 1 aromatic carbocycles. The molecule has 1 atom stereocenters. The lowest BCUT2D eigenvalue weighted by Gasteiger charge is -2.08. The molecule has 1 saturated carbocycles. The van der Waals surface area contributed by atoms with E-state index in [1.54, 1.807) is 19.1 Å². The molecule has 0 spiro atoms. The summed E-state index contributed by atoms with van der Waals surface area (Å²) in [6, 6.07) is 5.31. The molecule has 0 bridgehead atoms. The molecule has 0 aromatic heterocycles. The van der Waals surface area contributed by atoms with Gasteiger partial charge < -0.3 is 5.32 Å². The van der Waals surface area contributed by atoms with Crippen LogP contribution >= 0.6 is 0 Å². The van der Waals surface area contributed by atoms with Crippen molar-refractivity contribution in [2.24, 2.45) is 11.3 Å². The number of hydrogen-bond acceptors (Lipinski definition) is 3. The summed E-state index contributed by atoms with van der Waals surface area (Å²) in [4.78, 5) is 10.5. The fourth-order valence-corrected chi connectivity index (χ4v) is 2.08. The van der Waals surface area contributed by atoms with Crippen molar-refractivity contribution in [2.45, 2.75) is 27.2 Å². The molecule has 0 heterocycles. The minimum absolute atomic E-state index is 0.185. The first-order valence-corrected chi connectivity index (χ1v) is 5.89. The van der Waals surface area contributed by atoms with E-state index in [1.165, 1.54) is 6.42 Å². The largest absolute Gasteiger partial charge is 0.385 e. The zero-order valence-corrected chi connectivity index (χ0v) is 10.5. The maximum absolute atomic E-state index is 10.8. The summed E-state index contributed by atoms with van der Waals surface area (Å²) < 4.78 is 0. The highest BCUT2D eigenvalue weighted by Gasteiger charge is 2.44. The van der Waals surface area contributed by atoms with Crippen LogP contribution in [0.1, 0.15) is 25.8 Å². The van der Waals surface area contributed by atoms with Crippen molar-refractivity contribution in [3.8, 4) is 0 Å². The van der Waals surface area contributed by atoms with Crippen LogP contribution in [-0.4, -0.2) is 11.5 Å². The van der Waals surface area contributed by atoms with Gasteiger partial charge in [0.05, 0.1) is 4.92 Å². The lowest BCUT2D eigenvalue weighted by Crippen LogP contribution is -2.07. The fourth-order valence-electron chi connectivity index (χ4n) is 2.08. The van der Waals surface area contributed by atoms with Crippen LogP contribution in [0.2, 0.25) is 0 Å². The molecule has 1 N–H and O–H groups in total. The van der Waals surface area contributed by atoms with E-state index in [0.717, 1.165) is 12.2 Å². The zero-order valence-electron chi connectivity index (χ0n) is 10.5. The number of benzene rings is 1. The maximum atomic E-state index is 10.8. The molecule has 2 rings (SSSR count). The second kappa shape index (κ2) is 4.02. The first-order chi connectivity index (χ1) is 7.90. The topological polar surface area (TPSA) is 55.2 Å². The average Bonchev–Trinajstić information content (AvgIpc) is 2.85. The second-order valence-corrected chi connectivity index (χ2v) is 5.53. The normalized spacial score (nSPS) is 21.0. The molecule has 1 aliphatic carbocycles. The minimum atomic E-state index is -0.332. The van der Waals surface area contributed by atoms with Crippen molar-refractivity contribution in [3.05, 3.63) is 33.9 Å². The number of hydrogen-bond donors (Lipinski definition) is 1. The van der Waals surface area contributed by atoms with Crippen molar-refractivity contribution in [1.29, 1.82) is 0 Å². The number of nitro groups is 1. The Morgan fingerprint density at radius 2 is 2.18 bits per heavy atom.